The van der Waals surface area contributed by atoms with Gasteiger partial charge in [0.1, 0.15) is 11.5 Å². The fourth-order valence-corrected chi connectivity index (χ4v) is 3.19. The summed E-state index contributed by atoms with van der Waals surface area (Å²) in [6, 6.07) is 19.0. The molecule has 0 radical (unpaired) electrons. The number of hydrogen-bond donors (Lipinski definition) is 0. The summed E-state index contributed by atoms with van der Waals surface area (Å²) in [6.45, 7) is 6.48. The Labute approximate surface area is 143 Å². The van der Waals surface area contributed by atoms with E-state index in [9.17, 15) is 0 Å². The van der Waals surface area contributed by atoms with Crippen LogP contribution in [0.5, 0.6) is 11.5 Å². The van der Waals surface area contributed by atoms with Crippen LogP contribution in [0.4, 0.5) is 0 Å². The standard InChI is InChI=1S/C22H21NO/c1-22(2,3)21-11-10-18(14-23-21)24-17-9-8-16-12-15-6-4-5-7-19(15)20(16)13-17/h4-11,13-14H,12H2,1-3H3. The molecule has 3 aromatic rings. The lowest BCUT2D eigenvalue weighted by atomic mass is 9.92. The molecule has 2 nitrogen and oxygen atoms in total. The summed E-state index contributed by atoms with van der Waals surface area (Å²) in [4.78, 5) is 4.53. The summed E-state index contributed by atoms with van der Waals surface area (Å²) in [5, 5.41) is 0. The summed E-state index contributed by atoms with van der Waals surface area (Å²) < 4.78 is 6.02. The Balaban J connectivity index is 1.61. The number of rotatable bonds is 2. The van der Waals surface area contributed by atoms with Crippen LogP contribution < -0.4 is 4.74 Å². The van der Waals surface area contributed by atoms with Crippen LogP contribution in [0.3, 0.4) is 0 Å². The minimum absolute atomic E-state index is 0.0514. The minimum Gasteiger partial charge on any atom is -0.456 e. The van der Waals surface area contributed by atoms with Crippen molar-refractivity contribution in [2.24, 2.45) is 0 Å². The quantitative estimate of drug-likeness (QED) is 0.470. The maximum atomic E-state index is 6.02. The largest absolute Gasteiger partial charge is 0.456 e. The highest BCUT2D eigenvalue weighted by Gasteiger charge is 2.19. The molecular formula is C22H21NO. The van der Waals surface area contributed by atoms with E-state index < -0.39 is 0 Å². The van der Waals surface area contributed by atoms with Crippen molar-refractivity contribution >= 4 is 0 Å². The number of pyridine rings is 1. The van der Waals surface area contributed by atoms with Gasteiger partial charge in [-0.25, -0.2) is 0 Å². The summed E-state index contributed by atoms with van der Waals surface area (Å²) in [5.41, 5.74) is 6.47. The Morgan fingerprint density at radius 1 is 0.833 bits per heavy atom. The smallest absolute Gasteiger partial charge is 0.145 e. The van der Waals surface area contributed by atoms with Gasteiger partial charge in [-0.05, 0) is 52.9 Å². The van der Waals surface area contributed by atoms with E-state index >= 15 is 0 Å². The lowest BCUT2D eigenvalue weighted by Gasteiger charge is -2.17. The highest BCUT2D eigenvalue weighted by atomic mass is 16.5. The van der Waals surface area contributed by atoms with Gasteiger partial charge in [-0.15, -0.1) is 0 Å². The number of hydrogen-bond acceptors (Lipinski definition) is 2. The van der Waals surface area contributed by atoms with E-state index in [1.54, 1.807) is 0 Å². The number of fused-ring (bicyclic) bond motifs is 3. The lowest BCUT2D eigenvalue weighted by Crippen LogP contribution is -2.12. The summed E-state index contributed by atoms with van der Waals surface area (Å²) in [7, 11) is 0. The molecule has 0 amide bonds. The van der Waals surface area contributed by atoms with E-state index in [2.05, 4.69) is 62.2 Å². The van der Waals surface area contributed by atoms with Crippen molar-refractivity contribution in [1.82, 2.24) is 4.98 Å². The highest BCUT2D eigenvalue weighted by molar-refractivity contribution is 5.77. The lowest BCUT2D eigenvalue weighted by molar-refractivity contribution is 0.477. The van der Waals surface area contributed by atoms with Crippen molar-refractivity contribution in [1.29, 1.82) is 0 Å². The van der Waals surface area contributed by atoms with Gasteiger partial charge in [0, 0.05) is 11.1 Å². The van der Waals surface area contributed by atoms with Crippen molar-refractivity contribution in [3.63, 3.8) is 0 Å². The molecule has 0 N–H and O–H groups in total. The molecule has 120 valence electrons. The molecule has 24 heavy (non-hydrogen) atoms. The molecule has 1 heterocycles. The molecule has 1 aliphatic carbocycles. The first-order valence-electron chi connectivity index (χ1n) is 8.36. The summed E-state index contributed by atoms with van der Waals surface area (Å²) in [5.74, 6) is 1.63. The van der Waals surface area contributed by atoms with E-state index in [1.165, 1.54) is 22.3 Å². The monoisotopic (exact) mass is 315 g/mol. The zero-order valence-electron chi connectivity index (χ0n) is 14.3. The van der Waals surface area contributed by atoms with Crippen LogP contribution in [-0.2, 0) is 11.8 Å². The van der Waals surface area contributed by atoms with E-state index in [1.807, 2.05) is 24.4 Å². The number of aromatic nitrogens is 1. The maximum Gasteiger partial charge on any atom is 0.145 e. The second-order valence-corrected chi connectivity index (χ2v) is 7.38. The van der Waals surface area contributed by atoms with E-state index in [4.69, 9.17) is 4.74 Å². The first-order valence-corrected chi connectivity index (χ1v) is 8.36. The molecule has 2 heteroatoms. The van der Waals surface area contributed by atoms with Crippen molar-refractivity contribution in [2.75, 3.05) is 0 Å². The average Bonchev–Trinajstić information content (AvgIpc) is 2.93. The topological polar surface area (TPSA) is 22.1 Å². The molecule has 0 bridgehead atoms. The van der Waals surface area contributed by atoms with Crippen LogP contribution in [-0.4, -0.2) is 4.98 Å². The summed E-state index contributed by atoms with van der Waals surface area (Å²) in [6.07, 6.45) is 2.81. The van der Waals surface area contributed by atoms with Crippen LogP contribution in [0.15, 0.2) is 60.8 Å². The van der Waals surface area contributed by atoms with Gasteiger partial charge in [-0.3, -0.25) is 4.98 Å². The molecule has 1 aromatic heterocycles. The Kier molecular flexibility index (Phi) is 3.42. The summed E-state index contributed by atoms with van der Waals surface area (Å²) >= 11 is 0. The fraction of sp³-hybridized carbons (Fsp3) is 0.227. The van der Waals surface area contributed by atoms with Crippen molar-refractivity contribution in [3.05, 3.63) is 77.6 Å². The van der Waals surface area contributed by atoms with Gasteiger partial charge in [0.15, 0.2) is 0 Å². The Bertz CT molecular complexity index is 889. The SMILES string of the molecule is CC(C)(C)c1ccc(Oc2ccc3c(c2)-c2ccccc2C3)cn1. The normalized spacial score (nSPS) is 12.6. The molecule has 0 atom stereocenters. The molecule has 0 fully saturated rings. The Morgan fingerprint density at radius 3 is 2.33 bits per heavy atom. The van der Waals surface area contributed by atoms with Crippen LogP contribution in [0.1, 0.15) is 37.6 Å². The molecule has 2 aromatic carbocycles. The first kappa shape index (κ1) is 14.9. The molecule has 0 aliphatic heterocycles. The molecule has 0 spiro atoms. The Morgan fingerprint density at radius 2 is 1.58 bits per heavy atom. The number of nitrogens with zero attached hydrogens (tertiary/aromatic N) is 1. The second-order valence-electron chi connectivity index (χ2n) is 7.38. The van der Waals surface area contributed by atoms with Gasteiger partial charge < -0.3 is 4.74 Å². The highest BCUT2D eigenvalue weighted by Crippen LogP contribution is 2.39. The molecule has 0 saturated heterocycles. The Hall–Kier alpha value is -2.61. The van der Waals surface area contributed by atoms with Crippen LogP contribution in [0.25, 0.3) is 11.1 Å². The third-order valence-electron chi connectivity index (χ3n) is 4.51. The molecule has 4 rings (SSSR count). The molecule has 1 aliphatic rings. The third-order valence-corrected chi connectivity index (χ3v) is 4.51. The van der Waals surface area contributed by atoms with E-state index in [0.717, 1.165) is 23.6 Å². The van der Waals surface area contributed by atoms with Gasteiger partial charge in [0.25, 0.3) is 0 Å². The predicted molar refractivity (Wildman–Crippen MR) is 97.7 cm³/mol. The van der Waals surface area contributed by atoms with Crippen molar-refractivity contribution < 1.29 is 4.74 Å². The van der Waals surface area contributed by atoms with Gasteiger partial charge in [0.2, 0.25) is 0 Å². The molecule has 0 saturated carbocycles. The van der Waals surface area contributed by atoms with Crippen LogP contribution in [0, 0.1) is 0 Å². The maximum absolute atomic E-state index is 6.02. The minimum atomic E-state index is 0.0514. The van der Waals surface area contributed by atoms with Gasteiger partial charge in [-0.1, -0.05) is 51.1 Å². The van der Waals surface area contributed by atoms with Crippen LogP contribution in [0.2, 0.25) is 0 Å². The first-order chi connectivity index (χ1) is 11.5. The van der Waals surface area contributed by atoms with Crippen molar-refractivity contribution in [3.8, 4) is 22.6 Å². The molecule has 0 unspecified atom stereocenters. The van der Waals surface area contributed by atoms with Crippen LogP contribution >= 0.6 is 0 Å². The number of benzene rings is 2. The van der Waals surface area contributed by atoms with Crippen molar-refractivity contribution in [2.45, 2.75) is 32.6 Å². The van der Waals surface area contributed by atoms with Gasteiger partial charge in [-0.2, -0.15) is 0 Å². The fourth-order valence-electron chi connectivity index (χ4n) is 3.19. The van der Waals surface area contributed by atoms with Gasteiger partial charge >= 0.3 is 0 Å². The molecular weight excluding hydrogens is 294 g/mol. The van der Waals surface area contributed by atoms with Gasteiger partial charge in [0.05, 0.1) is 6.20 Å². The zero-order valence-corrected chi connectivity index (χ0v) is 14.3. The van der Waals surface area contributed by atoms with E-state index in [0.29, 0.717) is 0 Å². The van der Waals surface area contributed by atoms with E-state index in [-0.39, 0.29) is 5.41 Å². The number of ether oxygens (including phenoxy) is 1. The average molecular weight is 315 g/mol. The predicted octanol–water partition coefficient (Wildman–Crippen LogP) is 5.74. The zero-order chi connectivity index (χ0) is 16.7. The third kappa shape index (κ3) is 2.69. The second kappa shape index (κ2) is 5.48.